The lowest BCUT2D eigenvalue weighted by Crippen LogP contribution is -2.63. The number of aliphatic hydroxyl groups excluding tert-OH is 5. The maximum atomic E-state index is 13.2. The molecule has 15 heteroatoms. The Balaban J connectivity index is 2.79. The number of rotatable bonds is 44. The van der Waals surface area contributed by atoms with Crippen LogP contribution in [0.1, 0.15) is 232 Å². The van der Waals surface area contributed by atoms with Crippen LogP contribution in [0.4, 0.5) is 0 Å². The minimum absolute atomic E-state index is 0.0284. The first-order valence-electron chi connectivity index (χ1n) is 26.1. The number of ether oxygens (including phenoxy) is 2. The summed E-state index contributed by atoms with van der Waals surface area (Å²) in [5.74, 6) is -0.675. The minimum Gasteiger partial charge on any atom is -0.462 e. The summed E-state index contributed by atoms with van der Waals surface area (Å²) in [5.41, 5.74) is 0. The van der Waals surface area contributed by atoms with E-state index in [-0.39, 0.29) is 42.8 Å². The summed E-state index contributed by atoms with van der Waals surface area (Å²) in [7, 11) is -3.88. The second-order valence-electron chi connectivity index (χ2n) is 18.7. The van der Waals surface area contributed by atoms with Crippen LogP contribution in [0.5, 0.6) is 0 Å². The zero-order valence-corrected chi connectivity index (χ0v) is 42.4. The van der Waals surface area contributed by atoms with E-state index < -0.39 is 50.3 Å². The summed E-state index contributed by atoms with van der Waals surface area (Å²) in [4.78, 5) is 44.0. The van der Waals surface area contributed by atoms with Gasteiger partial charge in [-0.3, -0.25) is 14.2 Å². The van der Waals surface area contributed by atoms with E-state index in [2.05, 4.69) is 26.0 Å². The van der Waals surface area contributed by atoms with Crippen molar-refractivity contribution >= 4 is 31.6 Å². The third-order valence-electron chi connectivity index (χ3n) is 12.5. The molecule has 0 aliphatic heterocycles. The highest BCUT2D eigenvalue weighted by Gasteiger charge is 2.49. The number of esters is 2. The summed E-state index contributed by atoms with van der Waals surface area (Å²) < 4.78 is 28.6. The lowest BCUT2D eigenvalue weighted by Gasteiger charge is -2.41. The molecule has 1 saturated carbocycles. The van der Waals surface area contributed by atoms with Crippen molar-refractivity contribution in [1.82, 2.24) is 0 Å². The monoisotopic (exact) mass is 967 g/mol. The molecule has 1 aliphatic carbocycles. The van der Waals surface area contributed by atoms with Crippen molar-refractivity contribution in [3.8, 4) is 0 Å². The quantitative estimate of drug-likeness (QED) is 0.00993. The summed E-state index contributed by atoms with van der Waals surface area (Å²) >= 11 is 0.981. The molecule has 0 aromatic carbocycles. The molecule has 1 rings (SSSR count). The number of allylic oxidation sites excluding steroid dienone is 2. The van der Waals surface area contributed by atoms with E-state index in [0.717, 1.165) is 128 Å². The van der Waals surface area contributed by atoms with Crippen molar-refractivity contribution < 1.29 is 63.1 Å². The van der Waals surface area contributed by atoms with Crippen LogP contribution in [0.3, 0.4) is 0 Å². The topological polar surface area (TPSA) is 221 Å². The van der Waals surface area contributed by atoms with Gasteiger partial charge in [0.25, 0.3) is 0 Å². The first-order chi connectivity index (χ1) is 31.3. The maximum Gasteiger partial charge on any atom is 0.325 e. The Morgan fingerprint density at radius 2 is 0.938 bits per heavy atom. The Labute approximate surface area is 398 Å². The second kappa shape index (κ2) is 40.8. The van der Waals surface area contributed by atoms with Crippen molar-refractivity contribution in [1.29, 1.82) is 0 Å². The number of hydrogen-bond acceptors (Lipinski definition) is 12. The molecule has 7 N–H and O–H groups in total. The van der Waals surface area contributed by atoms with Crippen molar-refractivity contribution in [2.45, 2.75) is 280 Å². The fourth-order valence-electron chi connectivity index (χ4n) is 8.28. The summed E-state index contributed by atoms with van der Waals surface area (Å²) in [6.45, 7) is 4.33. The maximum absolute atomic E-state index is 13.2. The molecule has 0 amide bonds. The van der Waals surface area contributed by atoms with E-state index in [1.165, 1.54) is 70.6 Å². The molecule has 4 unspecified atom stereocenters. The fraction of sp³-hybridized carbons (Fsp3) is 0.920. The Morgan fingerprint density at radius 3 is 1.42 bits per heavy atom. The first-order valence-corrected chi connectivity index (χ1v) is 28.7. The molecule has 1 fully saturated rings. The highest BCUT2D eigenvalue weighted by atomic mass is 32.2. The van der Waals surface area contributed by atoms with Crippen LogP contribution in [0.2, 0.25) is 0 Å². The lowest BCUT2D eigenvalue weighted by molar-refractivity contribution is -0.214. The van der Waals surface area contributed by atoms with E-state index in [1.54, 1.807) is 0 Å². The molecule has 0 radical (unpaired) electrons. The SMILES string of the molecule is CCCCCCCCCCCC(=O)OCC(CC(CCCCCC/C=C\CCCCCCCCP(=O)(O)O)SOC1[C@@H](O)[C@H](O)C(O)[C@H](O)[C@@H]1O)OC(=O)CCCCCCCCCCC. The van der Waals surface area contributed by atoms with Crippen molar-refractivity contribution in [3.05, 3.63) is 12.2 Å². The molecule has 0 aromatic heterocycles. The zero-order valence-electron chi connectivity index (χ0n) is 40.7. The molecule has 0 saturated heterocycles. The molecule has 0 bridgehead atoms. The molecule has 65 heavy (non-hydrogen) atoms. The molecule has 0 spiro atoms. The number of unbranched alkanes of at least 4 members (excludes halogenated alkanes) is 26. The fourth-order valence-corrected chi connectivity index (χ4v) is 9.98. The van der Waals surface area contributed by atoms with Crippen molar-refractivity contribution in [2.24, 2.45) is 0 Å². The molecule has 1 aliphatic rings. The normalized spacial score (nSPS) is 21.2. The first kappa shape index (κ1) is 62.0. The molecule has 0 aromatic rings. The van der Waals surface area contributed by atoms with Gasteiger partial charge in [-0.15, -0.1) is 0 Å². The largest absolute Gasteiger partial charge is 0.462 e. The molecule has 13 nitrogen and oxygen atoms in total. The van der Waals surface area contributed by atoms with E-state index >= 15 is 0 Å². The van der Waals surface area contributed by atoms with Crippen LogP contribution >= 0.6 is 19.6 Å². The third-order valence-corrected chi connectivity index (χ3v) is 14.4. The van der Waals surface area contributed by atoms with Gasteiger partial charge in [0.1, 0.15) is 49.3 Å². The van der Waals surface area contributed by atoms with Crippen molar-refractivity contribution in [2.75, 3.05) is 12.8 Å². The molecular weight excluding hydrogens is 872 g/mol. The Hall–Kier alpha value is -1.06. The van der Waals surface area contributed by atoms with E-state index in [0.29, 0.717) is 19.3 Å². The number of carbonyl (C=O) groups excluding carboxylic acids is 2. The predicted molar refractivity (Wildman–Crippen MR) is 262 cm³/mol. The molecular formula is C50H95O13PS. The van der Waals surface area contributed by atoms with Gasteiger partial charge in [-0.2, -0.15) is 0 Å². The van der Waals surface area contributed by atoms with Crippen molar-refractivity contribution in [3.63, 3.8) is 0 Å². The van der Waals surface area contributed by atoms with E-state index in [4.69, 9.17) is 23.4 Å². The summed E-state index contributed by atoms with van der Waals surface area (Å²) in [6.07, 6.45) is 27.0. The molecule has 8 atom stereocenters. The van der Waals surface area contributed by atoms with Gasteiger partial charge in [-0.25, -0.2) is 0 Å². The van der Waals surface area contributed by atoms with Crippen LogP contribution in [0.25, 0.3) is 0 Å². The summed E-state index contributed by atoms with van der Waals surface area (Å²) in [6, 6.07) is 0. The Bertz CT molecular complexity index is 1210. The van der Waals surface area contributed by atoms with Gasteiger partial charge in [0.15, 0.2) is 0 Å². The summed E-state index contributed by atoms with van der Waals surface area (Å²) in [5, 5.41) is 51.8. The predicted octanol–water partition coefficient (Wildman–Crippen LogP) is 10.7. The average molecular weight is 967 g/mol. The van der Waals surface area contributed by atoms with Crippen LogP contribution in [-0.2, 0) is 27.8 Å². The number of aliphatic hydroxyl groups is 5. The van der Waals surface area contributed by atoms with Gasteiger partial charge in [-0.1, -0.05) is 174 Å². The minimum atomic E-state index is -3.88. The van der Waals surface area contributed by atoms with Gasteiger partial charge in [0.2, 0.25) is 0 Å². The van der Waals surface area contributed by atoms with E-state index in [1.807, 2.05) is 0 Å². The second-order valence-corrected chi connectivity index (χ2v) is 21.5. The third kappa shape index (κ3) is 34.0. The van der Waals surface area contributed by atoms with Crippen LogP contribution in [-0.4, -0.2) is 108 Å². The highest BCUT2D eigenvalue weighted by Crippen LogP contribution is 2.36. The number of hydrogen-bond donors (Lipinski definition) is 7. The smallest absolute Gasteiger partial charge is 0.325 e. The van der Waals surface area contributed by atoms with Crippen LogP contribution < -0.4 is 0 Å². The van der Waals surface area contributed by atoms with E-state index in [9.17, 15) is 39.7 Å². The standard InChI is InChI=1S/C50H95O13PS/c1-3-5-7-9-11-19-24-28-32-36-43(51)61-40-41(62-44(52)37-33-29-25-20-12-10-8-6-4-2)39-42(65-63-50-48(56)46(54)45(53)47(55)49(50)57)35-31-27-23-21-17-15-13-14-16-18-22-26-30-34-38-64(58,59)60/h13,15,41-42,45-50,53-57H,3-12,14,16-40H2,1-2H3,(H2,58,59,60)/b15-13-/t41?,42?,45?,46-,47+,48-,49-,50?/m0/s1. The van der Waals surface area contributed by atoms with Gasteiger partial charge < -0.3 is 49.0 Å². The van der Waals surface area contributed by atoms with Gasteiger partial charge in [0, 0.05) is 30.7 Å². The molecule has 384 valence electrons. The highest BCUT2D eigenvalue weighted by molar-refractivity contribution is 7.95. The van der Waals surface area contributed by atoms with Gasteiger partial charge >= 0.3 is 19.5 Å². The van der Waals surface area contributed by atoms with Crippen LogP contribution in [0, 0.1) is 0 Å². The lowest BCUT2D eigenvalue weighted by atomic mass is 9.85. The zero-order chi connectivity index (χ0) is 48.0. The number of carbonyl (C=O) groups is 2. The average Bonchev–Trinajstić information content (AvgIpc) is 3.27. The Morgan fingerprint density at radius 1 is 0.538 bits per heavy atom. The van der Waals surface area contributed by atoms with Gasteiger partial charge in [-0.05, 0) is 63.4 Å². The van der Waals surface area contributed by atoms with Gasteiger partial charge in [0.05, 0.1) is 0 Å². The molecule has 0 heterocycles. The Kier molecular flexibility index (Phi) is 38.9. The van der Waals surface area contributed by atoms with Crippen LogP contribution in [0.15, 0.2) is 12.2 Å².